The third-order valence-electron chi connectivity index (χ3n) is 8.76. The molecule has 0 saturated heterocycles. The number of hydrogen-bond acceptors (Lipinski definition) is 7. The second kappa shape index (κ2) is 13.7. The van der Waals surface area contributed by atoms with E-state index in [-0.39, 0.29) is 28.1 Å². The van der Waals surface area contributed by atoms with Gasteiger partial charge in [0.2, 0.25) is 11.8 Å². The van der Waals surface area contributed by atoms with Crippen LogP contribution in [0.2, 0.25) is 0 Å². The Hall–Kier alpha value is -6.01. The van der Waals surface area contributed by atoms with Crippen molar-refractivity contribution >= 4 is 21.6 Å². The molecule has 12 heteroatoms. The smallest absolute Gasteiger partial charge is 0.331 e. The van der Waals surface area contributed by atoms with Gasteiger partial charge in [-0.3, -0.25) is 0 Å². The number of carbonyl (C=O) groups is 1. The lowest BCUT2D eigenvalue weighted by molar-refractivity contribution is 0.248. The van der Waals surface area contributed by atoms with Gasteiger partial charge in [-0.2, -0.15) is 9.46 Å². The summed E-state index contributed by atoms with van der Waals surface area (Å²) in [6.07, 6.45) is 2.73. The molecule has 10 nitrogen and oxygen atoms in total. The molecule has 51 heavy (non-hydrogen) atoms. The van der Waals surface area contributed by atoms with Crippen molar-refractivity contribution in [2.75, 3.05) is 12.4 Å². The van der Waals surface area contributed by atoms with Crippen molar-refractivity contribution in [2.24, 2.45) is 4.36 Å². The number of urea groups is 1. The molecule has 4 aromatic carbocycles. The van der Waals surface area contributed by atoms with Crippen LogP contribution in [0.1, 0.15) is 29.2 Å². The zero-order chi connectivity index (χ0) is 35.6. The number of benzene rings is 4. The monoisotopic (exact) mass is 702 g/mol. The van der Waals surface area contributed by atoms with Gasteiger partial charge in [0.1, 0.15) is 22.4 Å². The second-order valence-electron chi connectivity index (χ2n) is 12.1. The molecule has 2 amide bonds. The van der Waals surface area contributed by atoms with Crippen LogP contribution in [0.3, 0.4) is 0 Å². The Kier molecular flexibility index (Phi) is 9.01. The summed E-state index contributed by atoms with van der Waals surface area (Å²) in [5, 5.41) is 7.26. The quantitative estimate of drug-likeness (QED) is 0.149. The van der Waals surface area contributed by atoms with Gasteiger partial charge in [0.25, 0.3) is 0 Å². The third-order valence-corrected chi connectivity index (χ3v) is 10.6. The number of fused-ring (bicyclic) bond motifs is 1. The molecule has 3 heterocycles. The zero-order valence-electron chi connectivity index (χ0n) is 28.1. The summed E-state index contributed by atoms with van der Waals surface area (Å²) in [6.45, 7) is 3.86. The number of pyridine rings is 1. The van der Waals surface area contributed by atoms with Crippen LogP contribution in [-0.4, -0.2) is 38.2 Å². The number of hydrogen-bond donors (Lipinski definition) is 2. The predicted octanol–water partition coefficient (Wildman–Crippen LogP) is 7.74. The first-order valence-electron chi connectivity index (χ1n) is 16.3. The molecular formula is C39H35FN6O4S. The normalized spacial score (nSPS) is 14.9. The molecule has 7 rings (SSSR count). The van der Waals surface area contributed by atoms with Gasteiger partial charge in [-0.25, -0.2) is 27.8 Å². The van der Waals surface area contributed by atoms with Crippen LogP contribution in [0.15, 0.2) is 137 Å². The number of ether oxygens (including phenoxy) is 2. The maximum Gasteiger partial charge on any atom is 0.331 e. The first-order valence-corrected chi connectivity index (χ1v) is 17.8. The average molecular weight is 703 g/mol. The molecule has 258 valence electrons. The lowest BCUT2D eigenvalue weighted by Crippen LogP contribution is -2.38. The Morgan fingerprint density at radius 1 is 0.961 bits per heavy atom. The Labute approximate surface area is 295 Å². The lowest BCUT2D eigenvalue weighted by Gasteiger charge is -2.33. The Balaban J connectivity index is 1.44. The lowest BCUT2D eigenvalue weighted by atomic mass is 9.78. The van der Waals surface area contributed by atoms with E-state index in [0.717, 1.165) is 0 Å². The molecule has 0 saturated carbocycles. The van der Waals surface area contributed by atoms with E-state index in [2.05, 4.69) is 20.1 Å². The summed E-state index contributed by atoms with van der Waals surface area (Å²) in [7, 11) is -2.48. The topological polar surface area (TPSA) is 120 Å². The van der Waals surface area contributed by atoms with Crippen LogP contribution >= 0.6 is 0 Å². The van der Waals surface area contributed by atoms with Crippen LogP contribution in [-0.2, 0) is 22.0 Å². The maximum absolute atomic E-state index is 15.9. The number of aromatic nitrogens is 3. The highest BCUT2D eigenvalue weighted by molar-refractivity contribution is 7.92. The zero-order valence-corrected chi connectivity index (χ0v) is 28.9. The van der Waals surface area contributed by atoms with E-state index < -0.39 is 27.3 Å². The van der Waals surface area contributed by atoms with Crippen LogP contribution in [0.4, 0.5) is 14.9 Å². The van der Waals surface area contributed by atoms with Crippen LogP contribution in [0, 0.1) is 12.7 Å². The van der Waals surface area contributed by atoms with Crippen molar-refractivity contribution in [1.82, 2.24) is 19.5 Å². The molecule has 2 atom stereocenters. The molecule has 0 radical (unpaired) electrons. The third kappa shape index (κ3) is 6.30. The van der Waals surface area contributed by atoms with E-state index in [1.165, 1.54) is 19.4 Å². The van der Waals surface area contributed by atoms with Gasteiger partial charge in [-0.1, -0.05) is 91.0 Å². The summed E-state index contributed by atoms with van der Waals surface area (Å²) in [6, 6.07) is 33.9. The van der Waals surface area contributed by atoms with Gasteiger partial charge in [0.15, 0.2) is 9.92 Å². The Morgan fingerprint density at radius 2 is 1.57 bits per heavy atom. The van der Waals surface area contributed by atoms with E-state index in [4.69, 9.17) is 13.8 Å². The number of rotatable bonds is 9. The molecule has 0 bridgehead atoms. The van der Waals surface area contributed by atoms with Crippen molar-refractivity contribution < 1.29 is 22.9 Å². The number of anilines is 1. The fourth-order valence-electron chi connectivity index (χ4n) is 6.32. The van der Waals surface area contributed by atoms with Crippen LogP contribution < -0.4 is 19.5 Å². The van der Waals surface area contributed by atoms with E-state index in [9.17, 15) is 4.79 Å². The molecule has 1 aliphatic heterocycles. The number of nitrogens with one attached hydrogen (secondary N) is 2. The first-order chi connectivity index (χ1) is 24.7. The highest BCUT2D eigenvalue weighted by Crippen LogP contribution is 2.43. The maximum atomic E-state index is 15.9. The highest BCUT2D eigenvalue weighted by atomic mass is 32.2. The molecule has 6 aromatic rings. The predicted molar refractivity (Wildman–Crippen MR) is 193 cm³/mol. The molecule has 2 N–H and O–H groups in total. The molecule has 2 unspecified atom stereocenters. The molecule has 0 aliphatic carbocycles. The van der Waals surface area contributed by atoms with Crippen molar-refractivity contribution in [1.29, 1.82) is 0 Å². The molecule has 2 aromatic heterocycles. The van der Waals surface area contributed by atoms with Crippen LogP contribution in [0.25, 0.3) is 11.1 Å². The molecule has 1 aliphatic rings. The Bertz CT molecular complexity index is 2230. The summed E-state index contributed by atoms with van der Waals surface area (Å²) in [5.74, 6) is 0.0507. The standard InChI is InChI=1S/C39H35FN6O4S/c1-26-25-46-37(50-26)34(24-42-46)51(48,44-38(47)43-36-27(2)33(40)20-19-32(36)28-21-22-41-35(23-28)49-3)45-39(29-13-7-4-8-14-29,30-15-9-5-10-16-30)31-17-11-6-12-18-31/h4-24,26H,25H2,1-3H3,(H2,43,44,45,47,48). The minimum absolute atomic E-state index is 0.101. The van der Waals surface area contributed by atoms with Crippen molar-refractivity contribution in [2.45, 2.75) is 36.9 Å². The summed E-state index contributed by atoms with van der Waals surface area (Å²) < 4.78 is 51.9. The van der Waals surface area contributed by atoms with E-state index in [1.54, 1.807) is 36.0 Å². The number of halogens is 1. The van der Waals surface area contributed by atoms with E-state index in [0.29, 0.717) is 40.2 Å². The molecular weight excluding hydrogens is 668 g/mol. The fraction of sp³-hybridized carbons (Fsp3) is 0.154. The number of amides is 2. The van der Waals surface area contributed by atoms with Crippen molar-refractivity contribution in [3.05, 3.63) is 156 Å². The van der Waals surface area contributed by atoms with Gasteiger partial charge in [0, 0.05) is 23.4 Å². The summed E-state index contributed by atoms with van der Waals surface area (Å²) in [4.78, 5) is 18.5. The van der Waals surface area contributed by atoms with Crippen molar-refractivity contribution in [3.8, 4) is 22.9 Å². The highest BCUT2D eigenvalue weighted by Gasteiger charge is 2.41. The molecule has 0 spiro atoms. The number of carbonyl (C=O) groups excluding carboxylic acids is 1. The number of methoxy groups -OCH3 is 1. The largest absolute Gasteiger partial charge is 0.481 e. The SMILES string of the molecule is COc1cc(-c2ccc(F)c(C)c2NC(=O)NS(=O)(=NC(c2ccccc2)(c2ccccc2)c2ccccc2)c2cnn3c2OC(C)C3)ccn1. The first kappa shape index (κ1) is 33.5. The molecule has 0 fully saturated rings. The minimum atomic E-state index is -3.97. The van der Waals surface area contributed by atoms with Gasteiger partial charge in [-0.05, 0) is 54.3 Å². The Morgan fingerprint density at radius 3 is 2.16 bits per heavy atom. The van der Waals surface area contributed by atoms with Gasteiger partial charge >= 0.3 is 6.03 Å². The fourth-order valence-corrected chi connectivity index (χ4v) is 8.16. The minimum Gasteiger partial charge on any atom is -0.481 e. The van der Waals surface area contributed by atoms with Gasteiger partial charge < -0.3 is 14.8 Å². The number of nitrogens with zero attached hydrogens (tertiary/aromatic N) is 4. The van der Waals surface area contributed by atoms with Gasteiger partial charge in [-0.15, -0.1) is 0 Å². The van der Waals surface area contributed by atoms with Crippen molar-refractivity contribution in [3.63, 3.8) is 0 Å². The summed E-state index contributed by atoms with van der Waals surface area (Å²) >= 11 is 0. The average Bonchev–Trinajstić information content (AvgIpc) is 3.73. The van der Waals surface area contributed by atoms with E-state index in [1.807, 2.05) is 97.9 Å². The van der Waals surface area contributed by atoms with Crippen LogP contribution in [0.5, 0.6) is 11.8 Å². The second-order valence-corrected chi connectivity index (χ2v) is 14.0. The van der Waals surface area contributed by atoms with Gasteiger partial charge in [0.05, 0.1) is 25.5 Å². The van der Waals surface area contributed by atoms with E-state index >= 15 is 8.60 Å². The summed E-state index contributed by atoms with van der Waals surface area (Å²) in [5.41, 5.74) is 2.23.